The lowest BCUT2D eigenvalue weighted by Crippen LogP contribution is -2.80. The minimum atomic E-state index is 0.453. The molecule has 0 aromatic heterocycles. The fourth-order valence-corrected chi connectivity index (χ4v) is 3.36. The van der Waals surface area contributed by atoms with Crippen LogP contribution in [0.4, 0.5) is 0 Å². The minimum Gasteiger partial charge on any atom is -0.472 e. The summed E-state index contributed by atoms with van der Waals surface area (Å²) in [5, 5.41) is 2.12. The van der Waals surface area contributed by atoms with Crippen molar-refractivity contribution in [3.05, 3.63) is 42.9 Å². The van der Waals surface area contributed by atoms with Crippen LogP contribution < -0.4 is 5.32 Å². The van der Waals surface area contributed by atoms with Crippen LogP contribution in [0.5, 0.6) is 0 Å². The summed E-state index contributed by atoms with van der Waals surface area (Å²) in [5.41, 5.74) is 1.39. The molecule has 118 valence electrons. The average molecular weight is 289 g/mol. The van der Waals surface area contributed by atoms with Gasteiger partial charge in [-0.05, 0) is 13.8 Å². The van der Waals surface area contributed by atoms with Gasteiger partial charge < -0.3 is 10.2 Å². The third-order valence-electron chi connectivity index (χ3n) is 4.73. The second-order valence-corrected chi connectivity index (χ2v) is 6.58. The van der Waals surface area contributed by atoms with Crippen LogP contribution in [0.2, 0.25) is 0 Å². The molecule has 1 saturated heterocycles. The van der Waals surface area contributed by atoms with E-state index in [1.807, 2.05) is 0 Å². The van der Waals surface area contributed by atoms with E-state index in [2.05, 4.69) is 73.3 Å². The molecule has 21 heavy (non-hydrogen) atoms. The Hall–Kier alpha value is -0.900. The van der Waals surface area contributed by atoms with Crippen LogP contribution in [0.1, 0.15) is 32.4 Å². The van der Waals surface area contributed by atoms with Gasteiger partial charge in [-0.2, -0.15) is 7.05 Å². The van der Waals surface area contributed by atoms with Crippen molar-refractivity contribution in [1.29, 1.82) is 0 Å². The van der Waals surface area contributed by atoms with E-state index in [1.54, 1.807) is 0 Å². The standard InChI is InChI=1S/C18H31N3/c1-15(2)21-12-10-20(11-13-21)14-16(3)18(19-4)17-8-6-5-7-9-17/h5-9,15-16,18H,4,10-14,19H2,1-3H3/t16-,18+/m0/s1. The van der Waals surface area contributed by atoms with Crippen molar-refractivity contribution < 1.29 is 5.32 Å². The molecule has 0 amide bonds. The van der Waals surface area contributed by atoms with E-state index in [4.69, 9.17) is 0 Å². The molecule has 0 radical (unpaired) electrons. The van der Waals surface area contributed by atoms with Crippen molar-refractivity contribution >= 4 is 0 Å². The van der Waals surface area contributed by atoms with E-state index >= 15 is 0 Å². The highest BCUT2D eigenvalue weighted by Gasteiger charge is 2.24. The van der Waals surface area contributed by atoms with Crippen molar-refractivity contribution in [2.24, 2.45) is 5.92 Å². The minimum absolute atomic E-state index is 0.453. The van der Waals surface area contributed by atoms with Crippen molar-refractivity contribution in [2.75, 3.05) is 32.7 Å². The second kappa shape index (κ2) is 7.92. The van der Waals surface area contributed by atoms with Gasteiger partial charge in [0.2, 0.25) is 0 Å². The Labute approximate surface area is 130 Å². The largest absolute Gasteiger partial charge is 0.472 e. The Bertz CT molecular complexity index is 396. The van der Waals surface area contributed by atoms with Crippen molar-refractivity contribution in [1.82, 2.24) is 9.80 Å². The summed E-state index contributed by atoms with van der Waals surface area (Å²) in [5.74, 6) is 0.607. The Morgan fingerprint density at radius 2 is 1.67 bits per heavy atom. The summed E-state index contributed by atoms with van der Waals surface area (Å²) in [6, 6.07) is 11.9. The van der Waals surface area contributed by atoms with Crippen LogP contribution in [0.15, 0.2) is 30.3 Å². The molecule has 1 heterocycles. The molecule has 0 saturated carbocycles. The van der Waals surface area contributed by atoms with Gasteiger partial charge in [-0.25, -0.2) is 0 Å². The molecular weight excluding hydrogens is 258 g/mol. The monoisotopic (exact) mass is 289 g/mol. The molecule has 2 N–H and O–H groups in total. The SMILES string of the molecule is [CH2-][NH2+][C@@H](c1ccccc1)[C@@H](C)CN1CCN(C(C)C)CC1. The van der Waals surface area contributed by atoms with E-state index in [1.165, 1.54) is 31.7 Å². The molecular formula is C18H31N3. The Morgan fingerprint density at radius 1 is 1.05 bits per heavy atom. The lowest BCUT2D eigenvalue weighted by molar-refractivity contribution is -0.648. The second-order valence-electron chi connectivity index (χ2n) is 6.58. The van der Waals surface area contributed by atoms with Crippen molar-refractivity contribution in [3.63, 3.8) is 0 Å². The molecule has 1 aromatic rings. The van der Waals surface area contributed by atoms with Crippen LogP contribution in [0.3, 0.4) is 0 Å². The average Bonchev–Trinajstić information content (AvgIpc) is 2.49. The molecule has 0 unspecified atom stereocenters. The molecule has 2 rings (SSSR count). The first-order chi connectivity index (χ1) is 10.1. The van der Waals surface area contributed by atoms with Gasteiger partial charge in [0.1, 0.15) is 0 Å². The fourth-order valence-electron chi connectivity index (χ4n) is 3.36. The number of hydrogen-bond donors (Lipinski definition) is 1. The highest BCUT2D eigenvalue weighted by Crippen LogP contribution is 2.19. The smallest absolute Gasteiger partial charge is 0.0914 e. The summed E-state index contributed by atoms with van der Waals surface area (Å²) in [4.78, 5) is 5.19. The van der Waals surface area contributed by atoms with Crippen LogP contribution in [0, 0.1) is 13.0 Å². The van der Waals surface area contributed by atoms with Gasteiger partial charge in [-0.1, -0.05) is 37.3 Å². The summed E-state index contributed by atoms with van der Waals surface area (Å²) >= 11 is 0. The maximum absolute atomic E-state index is 4.06. The molecule has 1 aromatic carbocycles. The highest BCUT2D eigenvalue weighted by molar-refractivity contribution is 5.17. The van der Waals surface area contributed by atoms with Gasteiger partial charge >= 0.3 is 0 Å². The zero-order chi connectivity index (χ0) is 15.2. The lowest BCUT2D eigenvalue weighted by atomic mass is 9.94. The van der Waals surface area contributed by atoms with Gasteiger partial charge in [0.15, 0.2) is 0 Å². The zero-order valence-corrected chi connectivity index (χ0v) is 13.8. The van der Waals surface area contributed by atoms with Crippen LogP contribution in [0.25, 0.3) is 0 Å². The number of benzene rings is 1. The third-order valence-corrected chi connectivity index (χ3v) is 4.73. The lowest BCUT2D eigenvalue weighted by Gasteiger charge is -2.38. The number of nitrogens with two attached hydrogens (primary N) is 1. The van der Waals surface area contributed by atoms with E-state index in [-0.39, 0.29) is 0 Å². The number of quaternary nitrogens is 1. The molecule has 2 atom stereocenters. The summed E-state index contributed by atoms with van der Waals surface area (Å²) in [6.45, 7) is 12.9. The Kier molecular flexibility index (Phi) is 6.22. The number of nitrogens with zero attached hydrogens (tertiary/aromatic N) is 2. The summed E-state index contributed by atoms with van der Waals surface area (Å²) in [7, 11) is 4.06. The number of piperazine rings is 1. The molecule has 1 aliphatic heterocycles. The molecule has 1 fully saturated rings. The van der Waals surface area contributed by atoms with Gasteiger partial charge in [0, 0.05) is 50.2 Å². The maximum atomic E-state index is 4.06. The van der Waals surface area contributed by atoms with Gasteiger partial charge in [-0.15, -0.1) is 0 Å². The molecule has 3 nitrogen and oxygen atoms in total. The van der Waals surface area contributed by atoms with E-state index < -0.39 is 0 Å². The topological polar surface area (TPSA) is 23.1 Å². The zero-order valence-electron chi connectivity index (χ0n) is 13.8. The van der Waals surface area contributed by atoms with Crippen molar-refractivity contribution in [2.45, 2.75) is 32.9 Å². The quantitative estimate of drug-likeness (QED) is 0.806. The van der Waals surface area contributed by atoms with Gasteiger partial charge in [0.25, 0.3) is 0 Å². The van der Waals surface area contributed by atoms with E-state index in [0.717, 1.165) is 6.54 Å². The highest BCUT2D eigenvalue weighted by atomic mass is 15.3. The first kappa shape index (κ1) is 16.5. The predicted molar refractivity (Wildman–Crippen MR) is 88.8 cm³/mol. The normalized spacial score (nSPS) is 20.6. The third kappa shape index (κ3) is 4.53. The maximum Gasteiger partial charge on any atom is 0.0914 e. The number of hydrogen-bond acceptors (Lipinski definition) is 2. The predicted octanol–water partition coefficient (Wildman–Crippen LogP) is 1.74. The Morgan fingerprint density at radius 3 is 2.19 bits per heavy atom. The summed E-state index contributed by atoms with van der Waals surface area (Å²) < 4.78 is 0. The van der Waals surface area contributed by atoms with Crippen LogP contribution in [-0.4, -0.2) is 48.6 Å². The molecule has 0 bridgehead atoms. The Balaban J connectivity index is 1.87. The fraction of sp³-hybridized carbons (Fsp3) is 0.611. The molecule has 0 spiro atoms. The van der Waals surface area contributed by atoms with E-state index in [9.17, 15) is 0 Å². The van der Waals surface area contributed by atoms with Crippen molar-refractivity contribution in [3.8, 4) is 0 Å². The van der Waals surface area contributed by atoms with Gasteiger partial charge in [-0.3, -0.25) is 4.90 Å². The summed E-state index contributed by atoms with van der Waals surface area (Å²) in [6.07, 6.45) is 0. The number of rotatable bonds is 6. The first-order valence-corrected chi connectivity index (χ1v) is 8.25. The van der Waals surface area contributed by atoms with Crippen LogP contribution in [-0.2, 0) is 0 Å². The van der Waals surface area contributed by atoms with Gasteiger partial charge in [0.05, 0.1) is 6.04 Å². The van der Waals surface area contributed by atoms with E-state index in [0.29, 0.717) is 18.0 Å². The molecule has 3 heteroatoms. The first-order valence-electron chi connectivity index (χ1n) is 8.25. The molecule has 1 aliphatic rings. The van der Waals surface area contributed by atoms with Crippen LogP contribution >= 0.6 is 0 Å². The molecule has 0 aliphatic carbocycles.